The highest BCUT2D eigenvalue weighted by molar-refractivity contribution is 5.56. The van der Waals surface area contributed by atoms with Gasteiger partial charge in [-0.3, -0.25) is 5.10 Å². The van der Waals surface area contributed by atoms with Crippen LogP contribution in [0.1, 0.15) is 24.1 Å². The number of aromatic nitrogens is 5. The van der Waals surface area contributed by atoms with Crippen LogP contribution >= 0.6 is 0 Å². The summed E-state index contributed by atoms with van der Waals surface area (Å²) >= 11 is 0. The van der Waals surface area contributed by atoms with Crippen molar-refractivity contribution >= 4 is 0 Å². The Balaban J connectivity index is 1.65. The lowest BCUT2D eigenvalue weighted by atomic mass is 10.2. The Morgan fingerprint density at radius 3 is 3.00 bits per heavy atom. The fourth-order valence-electron chi connectivity index (χ4n) is 2.22. The van der Waals surface area contributed by atoms with Gasteiger partial charge in [-0.25, -0.2) is 0 Å². The van der Waals surface area contributed by atoms with Crippen molar-refractivity contribution in [2.45, 2.75) is 33.5 Å². The zero-order valence-electron chi connectivity index (χ0n) is 12.1. The second-order valence-electron chi connectivity index (χ2n) is 4.82. The molecule has 3 aromatic rings. The predicted octanol–water partition coefficient (Wildman–Crippen LogP) is 1.88. The molecule has 3 heterocycles. The van der Waals surface area contributed by atoms with Gasteiger partial charge in [-0.05, 0) is 26.0 Å². The van der Waals surface area contributed by atoms with E-state index in [2.05, 4.69) is 32.6 Å². The van der Waals surface area contributed by atoms with Crippen LogP contribution in [0.5, 0.6) is 0 Å². The van der Waals surface area contributed by atoms with Crippen molar-refractivity contribution in [3.05, 3.63) is 41.8 Å². The summed E-state index contributed by atoms with van der Waals surface area (Å²) in [6.45, 7) is 6.21. The van der Waals surface area contributed by atoms with E-state index < -0.39 is 0 Å². The predicted molar refractivity (Wildman–Crippen MR) is 77.3 cm³/mol. The quantitative estimate of drug-likeness (QED) is 0.722. The monoisotopic (exact) mass is 286 g/mol. The van der Waals surface area contributed by atoms with Crippen molar-refractivity contribution in [1.29, 1.82) is 0 Å². The third-order valence-corrected chi connectivity index (χ3v) is 3.34. The summed E-state index contributed by atoms with van der Waals surface area (Å²) in [4.78, 5) is 0. The van der Waals surface area contributed by atoms with Crippen LogP contribution in [0.15, 0.2) is 29.1 Å². The molecule has 0 aliphatic carbocycles. The van der Waals surface area contributed by atoms with Gasteiger partial charge in [-0.1, -0.05) is 0 Å². The van der Waals surface area contributed by atoms with Crippen molar-refractivity contribution in [2.75, 3.05) is 0 Å². The number of aryl methyl sites for hydroxylation is 2. The standard InChI is InChI=1S/C14H18N6O/c1-3-20-9-17-18-13(20)8-15-6-11-7-16-19-14(11)12-5-4-10(2)21-12/h4-5,7,9,15H,3,6,8H2,1-2H3,(H,16,19). The maximum Gasteiger partial charge on any atom is 0.152 e. The molecule has 0 aromatic carbocycles. The molecule has 0 aliphatic rings. The van der Waals surface area contributed by atoms with Gasteiger partial charge in [0.05, 0.1) is 12.7 Å². The third kappa shape index (κ3) is 2.87. The number of hydrogen-bond acceptors (Lipinski definition) is 5. The molecule has 7 nitrogen and oxygen atoms in total. The summed E-state index contributed by atoms with van der Waals surface area (Å²) < 4.78 is 7.64. The van der Waals surface area contributed by atoms with Crippen molar-refractivity contribution in [3.63, 3.8) is 0 Å². The van der Waals surface area contributed by atoms with Gasteiger partial charge >= 0.3 is 0 Å². The van der Waals surface area contributed by atoms with E-state index in [4.69, 9.17) is 4.42 Å². The molecule has 21 heavy (non-hydrogen) atoms. The van der Waals surface area contributed by atoms with Crippen LogP contribution in [0.3, 0.4) is 0 Å². The first-order valence-electron chi connectivity index (χ1n) is 6.94. The molecule has 3 aromatic heterocycles. The van der Waals surface area contributed by atoms with Crippen LogP contribution in [0.4, 0.5) is 0 Å². The maximum absolute atomic E-state index is 5.63. The summed E-state index contributed by atoms with van der Waals surface area (Å²) in [5, 5.41) is 18.5. The summed E-state index contributed by atoms with van der Waals surface area (Å²) in [7, 11) is 0. The number of aromatic amines is 1. The lowest BCUT2D eigenvalue weighted by Gasteiger charge is -2.05. The molecule has 0 saturated carbocycles. The summed E-state index contributed by atoms with van der Waals surface area (Å²) in [5.41, 5.74) is 1.97. The minimum absolute atomic E-state index is 0.662. The van der Waals surface area contributed by atoms with Crippen LogP contribution in [0.25, 0.3) is 11.5 Å². The normalized spacial score (nSPS) is 11.1. The fourth-order valence-corrected chi connectivity index (χ4v) is 2.22. The first-order chi connectivity index (χ1) is 10.3. The van der Waals surface area contributed by atoms with Crippen LogP contribution in [-0.2, 0) is 19.6 Å². The Bertz CT molecular complexity index is 710. The minimum Gasteiger partial charge on any atom is -0.460 e. The van der Waals surface area contributed by atoms with Gasteiger partial charge in [0, 0.05) is 18.7 Å². The van der Waals surface area contributed by atoms with Crippen molar-refractivity contribution in [2.24, 2.45) is 0 Å². The largest absolute Gasteiger partial charge is 0.460 e. The van der Waals surface area contributed by atoms with Gasteiger partial charge in [-0.2, -0.15) is 5.10 Å². The average Bonchev–Trinajstić information content (AvgIpc) is 3.19. The number of nitrogens with zero attached hydrogens (tertiary/aromatic N) is 4. The Morgan fingerprint density at radius 2 is 2.24 bits per heavy atom. The van der Waals surface area contributed by atoms with Gasteiger partial charge in [-0.15, -0.1) is 10.2 Å². The average molecular weight is 286 g/mol. The highest BCUT2D eigenvalue weighted by atomic mass is 16.3. The van der Waals surface area contributed by atoms with Crippen molar-refractivity contribution < 1.29 is 4.42 Å². The van der Waals surface area contributed by atoms with Gasteiger partial charge in [0.1, 0.15) is 23.6 Å². The molecule has 0 unspecified atom stereocenters. The molecule has 110 valence electrons. The second kappa shape index (κ2) is 5.92. The van der Waals surface area contributed by atoms with Gasteiger partial charge in [0.2, 0.25) is 0 Å². The Hall–Kier alpha value is -2.41. The highest BCUT2D eigenvalue weighted by Crippen LogP contribution is 2.23. The summed E-state index contributed by atoms with van der Waals surface area (Å²) in [5.74, 6) is 2.62. The number of furan rings is 1. The molecule has 0 bridgehead atoms. The summed E-state index contributed by atoms with van der Waals surface area (Å²) in [6, 6.07) is 3.89. The molecule has 0 radical (unpaired) electrons. The Morgan fingerprint density at radius 1 is 1.33 bits per heavy atom. The van der Waals surface area contributed by atoms with E-state index >= 15 is 0 Å². The van der Waals surface area contributed by atoms with Gasteiger partial charge in [0.25, 0.3) is 0 Å². The topological polar surface area (TPSA) is 84.6 Å². The van der Waals surface area contributed by atoms with E-state index in [1.165, 1.54) is 0 Å². The smallest absolute Gasteiger partial charge is 0.152 e. The molecule has 0 atom stereocenters. The molecular weight excluding hydrogens is 268 g/mol. The summed E-state index contributed by atoms with van der Waals surface area (Å²) in [6.07, 6.45) is 3.55. The molecule has 3 rings (SSSR count). The fraction of sp³-hybridized carbons (Fsp3) is 0.357. The molecule has 2 N–H and O–H groups in total. The van der Waals surface area contributed by atoms with Gasteiger partial charge < -0.3 is 14.3 Å². The van der Waals surface area contributed by atoms with Crippen LogP contribution < -0.4 is 5.32 Å². The molecule has 0 saturated heterocycles. The SMILES string of the molecule is CCn1cnnc1CNCc1cn[nH]c1-c1ccc(C)o1. The van der Waals surface area contributed by atoms with E-state index in [9.17, 15) is 0 Å². The van der Waals surface area contributed by atoms with Crippen LogP contribution in [0.2, 0.25) is 0 Å². The zero-order chi connectivity index (χ0) is 14.7. The Kier molecular flexibility index (Phi) is 3.83. The lowest BCUT2D eigenvalue weighted by Crippen LogP contribution is -2.16. The molecule has 0 fully saturated rings. The highest BCUT2D eigenvalue weighted by Gasteiger charge is 2.11. The lowest BCUT2D eigenvalue weighted by molar-refractivity contribution is 0.544. The number of H-pyrrole nitrogens is 1. The van der Waals surface area contributed by atoms with E-state index in [0.717, 1.165) is 35.1 Å². The molecular formula is C14H18N6O. The molecule has 0 amide bonds. The number of rotatable bonds is 6. The van der Waals surface area contributed by atoms with E-state index in [-0.39, 0.29) is 0 Å². The van der Waals surface area contributed by atoms with E-state index in [1.54, 1.807) is 6.33 Å². The van der Waals surface area contributed by atoms with E-state index in [1.807, 2.05) is 29.8 Å². The minimum atomic E-state index is 0.662. The number of hydrogen-bond donors (Lipinski definition) is 2. The van der Waals surface area contributed by atoms with Crippen molar-refractivity contribution in [1.82, 2.24) is 30.3 Å². The van der Waals surface area contributed by atoms with Crippen LogP contribution in [-0.4, -0.2) is 25.0 Å². The second-order valence-corrected chi connectivity index (χ2v) is 4.82. The number of nitrogens with one attached hydrogen (secondary N) is 2. The molecule has 0 spiro atoms. The first-order valence-corrected chi connectivity index (χ1v) is 6.94. The maximum atomic E-state index is 5.63. The Labute approximate surface area is 122 Å². The van der Waals surface area contributed by atoms with Crippen LogP contribution in [0, 0.1) is 6.92 Å². The van der Waals surface area contributed by atoms with E-state index in [0.29, 0.717) is 13.1 Å². The molecule has 0 aliphatic heterocycles. The first kappa shape index (κ1) is 13.6. The zero-order valence-corrected chi connectivity index (χ0v) is 12.1. The van der Waals surface area contributed by atoms with Gasteiger partial charge in [0.15, 0.2) is 5.76 Å². The third-order valence-electron chi connectivity index (χ3n) is 3.34. The van der Waals surface area contributed by atoms with Crippen molar-refractivity contribution in [3.8, 4) is 11.5 Å². The molecule has 7 heteroatoms.